The third-order valence-corrected chi connectivity index (χ3v) is 6.51. The first-order valence-corrected chi connectivity index (χ1v) is 13.0. The molecule has 0 aliphatic heterocycles. The van der Waals surface area contributed by atoms with Crippen LogP contribution in [0.1, 0.15) is 21.5 Å². The second-order valence-corrected chi connectivity index (χ2v) is 9.47. The minimum absolute atomic E-state index is 0.0855. The molecule has 8 nitrogen and oxygen atoms in total. The van der Waals surface area contributed by atoms with Gasteiger partial charge in [0, 0.05) is 12.0 Å². The fraction of sp³-hybridized carbons (Fsp3) is 0.188. The molecule has 0 radical (unpaired) electrons. The summed E-state index contributed by atoms with van der Waals surface area (Å²) in [6, 6.07) is 29.9. The molecule has 0 unspecified atom stereocenters. The fourth-order valence-corrected chi connectivity index (χ4v) is 4.41. The molecule has 40 heavy (non-hydrogen) atoms. The van der Waals surface area contributed by atoms with Gasteiger partial charge in [-0.1, -0.05) is 97.1 Å². The summed E-state index contributed by atoms with van der Waals surface area (Å²) < 4.78 is 0. The SMILES string of the molecule is O=C(O)CNC(=O)[C@H](Cc1ccccc1)NC(=O)[C@H](Cc1ccccc1)NCC(=O)c1ccc2ccccc2c1. The van der Waals surface area contributed by atoms with Crippen LogP contribution < -0.4 is 16.0 Å². The maximum Gasteiger partial charge on any atom is 0.322 e. The van der Waals surface area contributed by atoms with E-state index in [2.05, 4.69) is 16.0 Å². The summed E-state index contributed by atoms with van der Waals surface area (Å²) in [6.07, 6.45) is 0.457. The van der Waals surface area contributed by atoms with Crippen molar-refractivity contribution in [3.63, 3.8) is 0 Å². The first-order valence-electron chi connectivity index (χ1n) is 13.0. The van der Waals surface area contributed by atoms with Crippen LogP contribution in [-0.2, 0) is 27.2 Å². The van der Waals surface area contributed by atoms with E-state index >= 15 is 0 Å². The number of Topliss-reactive ketones (excluding diaryl/α,β-unsaturated/α-hetero) is 1. The van der Waals surface area contributed by atoms with Gasteiger partial charge < -0.3 is 15.7 Å². The molecule has 4 aromatic rings. The van der Waals surface area contributed by atoms with E-state index in [1.165, 1.54) is 0 Å². The molecule has 0 aliphatic rings. The molecule has 204 valence electrons. The lowest BCUT2D eigenvalue weighted by atomic mass is 10.0. The number of ketones is 1. The number of benzene rings is 4. The Kier molecular flexibility index (Phi) is 9.74. The molecule has 0 bridgehead atoms. The molecule has 0 fully saturated rings. The fourth-order valence-electron chi connectivity index (χ4n) is 4.41. The third kappa shape index (κ3) is 8.09. The highest BCUT2D eigenvalue weighted by Crippen LogP contribution is 2.16. The number of carboxylic acid groups (broad SMARTS) is 1. The van der Waals surface area contributed by atoms with Gasteiger partial charge in [-0.25, -0.2) is 0 Å². The maximum absolute atomic E-state index is 13.5. The summed E-state index contributed by atoms with van der Waals surface area (Å²) in [5.74, 6) is -2.43. The number of aliphatic carboxylic acids is 1. The van der Waals surface area contributed by atoms with E-state index in [0.29, 0.717) is 5.56 Å². The first-order chi connectivity index (χ1) is 19.4. The number of fused-ring (bicyclic) bond motifs is 1. The zero-order valence-corrected chi connectivity index (χ0v) is 21.9. The number of carboxylic acids is 1. The molecule has 4 rings (SSSR count). The van der Waals surface area contributed by atoms with Gasteiger partial charge in [0.1, 0.15) is 12.6 Å². The van der Waals surface area contributed by atoms with Crippen LogP contribution in [0.2, 0.25) is 0 Å². The van der Waals surface area contributed by atoms with Crippen LogP contribution in [-0.4, -0.2) is 53.8 Å². The van der Waals surface area contributed by atoms with Gasteiger partial charge in [-0.2, -0.15) is 0 Å². The number of carbonyl (C=O) groups excluding carboxylic acids is 3. The molecule has 2 atom stereocenters. The van der Waals surface area contributed by atoms with E-state index in [0.717, 1.165) is 21.9 Å². The summed E-state index contributed by atoms with van der Waals surface area (Å²) in [5, 5.41) is 19.2. The van der Waals surface area contributed by atoms with Crippen molar-refractivity contribution in [3.05, 3.63) is 120 Å². The van der Waals surface area contributed by atoms with Gasteiger partial charge in [-0.05, 0) is 34.4 Å². The molecule has 8 heteroatoms. The Morgan fingerprint density at radius 2 is 1.20 bits per heavy atom. The average molecular weight is 538 g/mol. The average Bonchev–Trinajstić information content (AvgIpc) is 2.98. The van der Waals surface area contributed by atoms with Crippen molar-refractivity contribution in [1.29, 1.82) is 0 Å². The zero-order chi connectivity index (χ0) is 28.3. The Morgan fingerprint density at radius 1 is 0.625 bits per heavy atom. The predicted molar refractivity (Wildman–Crippen MR) is 153 cm³/mol. The number of amides is 2. The topological polar surface area (TPSA) is 125 Å². The minimum Gasteiger partial charge on any atom is -0.480 e. The molecule has 0 saturated carbocycles. The Bertz CT molecular complexity index is 1470. The van der Waals surface area contributed by atoms with Crippen LogP contribution in [0.4, 0.5) is 0 Å². The molecule has 0 aliphatic carbocycles. The lowest BCUT2D eigenvalue weighted by molar-refractivity contribution is -0.138. The van der Waals surface area contributed by atoms with Crippen molar-refractivity contribution < 1.29 is 24.3 Å². The molecule has 4 N–H and O–H groups in total. The Labute approximate surface area is 232 Å². The number of rotatable bonds is 13. The summed E-state index contributed by atoms with van der Waals surface area (Å²) in [6.45, 7) is -0.649. The summed E-state index contributed by atoms with van der Waals surface area (Å²) in [7, 11) is 0. The van der Waals surface area contributed by atoms with E-state index < -0.39 is 36.4 Å². The van der Waals surface area contributed by atoms with Crippen LogP contribution in [0.15, 0.2) is 103 Å². The van der Waals surface area contributed by atoms with Gasteiger partial charge in [-0.15, -0.1) is 0 Å². The van der Waals surface area contributed by atoms with E-state index in [1.807, 2.05) is 97.1 Å². The quantitative estimate of drug-likeness (QED) is 0.194. The van der Waals surface area contributed by atoms with Gasteiger partial charge in [0.25, 0.3) is 0 Å². The van der Waals surface area contributed by atoms with Crippen molar-refractivity contribution in [1.82, 2.24) is 16.0 Å². The third-order valence-electron chi connectivity index (χ3n) is 6.51. The van der Waals surface area contributed by atoms with E-state index in [-0.39, 0.29) is 25.2 Å². The number of nitrogens with one attached hydrogen (secondary N) is 3. The largest absolute Gasteiger partial charge is 0.480 e. The Balaban J connectivity index is 1.50. The maximum atomic E-state index is 13.5. The van der Waals surface area contributed by atoms with Crippen molar-refractivity contribution >= 4 is 34.3 Å². The van der Waals surface area contributed by atoms with Gasteiger partial charge in [0.05, 0.1) is 12.6 Å². The van der Waals surface area contributed by atoms with Crippen LogP contribution in [0.25, 0.3) is 10.8 Å². The molecule has 0 aromatic heterocycles. The van der Waals surface area contributed by atoms with Crippen LogP contribution in [0.3, 0.4) is 0 Å². The molecule has 4 aromatic carbocycles. The van der Waals surface area contributed by atoms with Crippen LogP contribution >= 0.6 is 0 Å². The Morgan fingerprint density at radius 3 is 1.82 bits per heavy atom. The molecular weight excluding hydrogens is 506 g/mol. The highest BCUT2D eigenvalue weighted by atomic mass is 16.4. The second kappa shape index (κ2) is 13.8. The number of carbonyl (C=O) groups is 4. The van der Waals surface area contributed by atoms with Crippen molar-refractivity contribution in [2.75, 3.05) is 13.1 Å². The van der Waals surface area contributed by atoms with Crippen molar-refractivity contribution in [2.24, 2.45) is 0 Å². The minimum atomic E-state index is -1.19. The zero-order valence-electron chi connectivity index (χ0n) is 21.9. The van der Waals surface area contributed by atoms with Gasteiger partial charge in [0.15, 0.2) is 5.78 Å². The highest BCUT2D eigenvalue weighted by Gasteiger charge is 2.27. The lowest BCUT2D eigenvalue weighted by Crippen LogP contribution is -2.55. The van der Waals surface area contributed by atoms with Crippen molar-refractivity contribution in [3.8, 4) is 0 Å². The standard InChI is InChI=1S/C32H31N3O5/c36-29(26-16-15-24-13-7-8-14-25(24)19-26)20-33-27(17-22-9-3-1-4-10-22)32(40)35-28(31(39)34-21-30(37)38)18-23-11-5-2-6-12-23/h1-16,19,27-28,33H,17-18,20-21H2,(H,34,39)(H,35,40)(H,37,38)/t27-,28-/m0/s1. The molecule has 0 saturated heterocycles. The van der Waals surface area contributed by atoms with Crippen LogP contribution in [0.5, 0.6) is 0 Å². The van der Waals surface area contributed by atoms with E-state index in [9.17, 15) is 19.2 Å². The molecule has 0 heterocycles. The van der Waals surface area contributed by atoms with E-state index in [4.69, 9.17) is 5.11 Å². The monoisotopic (exact) mass is 537 g/mol. The second-order valence-electron chi connectivity index (χ2n) is 9.47. The lowest BCUT2D eigenvalue weighted by Gasteiger charge is -2.23. The summed E-state index contributed by atoms with van der Waals surface area (Å²) in [5.41, 5.74) is 2.21. The van der Waals surface area contributed by atoms with Crippen molar-refractivity contribution in [2.45, 2.75) is 24.9 Å². The smallest absolute Gasteiger partial charge is 0.322 e. The normalized spacial score (nSPS) is 12.3. The van der Waals surface area contributed by atoms with E-state index in [1.54, 1.807) is 6.07 Å². The number of hydrogen-bond acceptors (Lipinski definition) is 5. The number of hydrogen-bond donors (Lipinski definition) is 4. The molecule has 0 spiro atoms. The first kappa shape index (κ1) is 28.2. The molecule has 2 amide bonds. The highest BCUT2D eigenvalue weighted by molar-refractivity contribution is 6.01. The van der Waals surface area contributed by atoms with Crippen LogP contribution in [0, 0.1) is 0 Å². The Hall–Kier alpha value is -4.82. The summed E-state index contributed by atoms with van der Waals surface area (Å²) in [4.78, 5) is 50.5. The van der Waals surface area contributed by atoms with Gasteiger partial charge in [0.2, 0.25) is 11.8 Å². The predicted octanol–water partition coefficient (Wildman–Crippen LogP) is 3.15. The van der Waals surface area contributed by atoms with Gasteiger partial charge >= 0.3 is 5.97 Å². The van der Waals surface area contributed by atoms with Gasteiger partial charge in [-0.3, -0.25) is 24.5 Å². The molecular formula is C32H31N3O5. The summed E-state index contributed by atoms with van der Waals surface area (Å²) >= 11 is 0.